The summed E-state index contributed by atoms with van der Waals surface area (Å²) in [7, 11) is 5.09. The molecule has 0 aromatic rings. The molecule has 1 aliphatic rings. The molecule has 2 radical (unpaired) electrons. The number of hydrogen-bond acceptors (Lipinski definition) is 5. The monoisotopic (exact) mass is 296 g/mol. The molecule has 2 amide bonds. The van der Waals surface area contributed by atoms with Crippen LogP contribution in [0.1, 0.15) is 13.3 Å². The third-order valence-corrected chi connectivity index (χ3v) is 3.81. The van der Waals surface area contributed by atoms with Gasteiger partial charge < -0.3 is 15.4 Å². The molecule has 108 valence electrons. The first-order valence-corrected chi connectivity index (χ1v) is 7.38. The largest absolute Gasteiger partial charge is 0.463 e. The molecule has 0 saturated carbocycles. The minimum absolute atomic E-state index is 0.0675. The van der Waals surface area contributed by atoms with Crippen LogP contribution >= 0.6 is 11.8 Å². The van der Waals surface area contributed by atoms with E-state index in [1.54, 1.807) is 6.92 Å². The molecule has 0 aromatic heterocycles. The number of rotatable bonds is 6. The highest BCUT2D eigenvalue weighted by molar-refractivity contribution is 8.00. The van der Waals surface area contributed by atoms with Crippen LogP contribution in [0.2, 0.25) is 0 Å². The average Bonchev–Trinajstić information content (AvgIpc) is 2.38. The molecule has 1 rings (SSSR count). The van der Waals surface area contributed by atoms with Crippen molar-refractivity contribution in [3.63, 3.8) is 0 Å². The highest BCUT2D eigenvalue weighted by atomic mass is 32.2. The Kier molecular flexibility index (Phi) is 7.21. The van der Waals surface area contributed by atoms with Crippen LogP contribution in [-0.2, 0) is 14.3 Å². The normalized spacial score (nSPS) is 20.2. The van der Waals surface area contributed by atoms with E-state index in [2.05, 4.69) is 10.6 Å². The van der Waals surface area contributed by atoms with Gasteiger partial charge in [-0.25, -0.2) is 4.79 Å². The Balaban J connectivity index is 2.61. The third kappa shape index (κ3) is 6.14. The molecule has 1 fully saturated rings. The van der Waals surface area contributed by atoms with Gasteiger partial charge >= 0.3 is 5.97 Å². The summed E-state index contributed by atoms with van der Waals surface area (Å²) in [4.78, 5) is 33.9. The minimum Gasteiger partial charge on any atom is -0.463 e. The average molecular weight is 296 g/mol. The molecular weight excluding hydrogens is 279 g/mol. The fourth-order valence-electron chi connectivity index (χ4n) is 1.72. The first kappa shape index (κ1) is 16.6. The number of nitrogens with one attached hydrogen (secondary N) is 2. The van der Waals surface area contributed by atoms with Gasteiger partial charge in [0.25, 0.3) is 0 Å². The van der Waals surface area contributed by atoms with Crippen LogP contribution in [0.4, 0.5) is 4.79 Å². The van der Waals surface area contributed by atoms with Crippen LogP contribution in [0.25, 0.3) is 0 Å². The standard InChI is InChI=1S/C12H17BN2O4S/c1-2-19-10(16)4-3-8(15-12(13)18)7-9-11(17)14-5-6-20-9/h3-4,8-9H,2,5-7H2,1H3,(H,14,17)(H,15,18)/t8-,9+/m1/s1. The summed E-state index contributed by atoms with van der Waals surface area (Å²) in [6, 6.07) is -0.488. The molecule has 8 heteroatoms. The van der Waals surface area contributed by atoms with E-state index in [0.717, 1.165) is 5.75 Å². The summed E-state index contributed by atoms with van der Waals surface area (Å²) in [5.74, 6) is -0.447. The Labute approximate surface area is 123 Å². The fourth-order valence-corrected chi connectivity index (χ4v) is 2.81. The van der Waals surface area contributed by atoms with Gasteiger partial charge in [0, 0.05) is 24.4 Å². The second-order valence-electron chi connectivity index (χ2n) is 4.11. The van der Waals surface area contributed by atoms with Crippen LogP contribution in [0.15, 0.2) is 12.2 Å². The second kappa shape index (κ2) is 8.68. The predicted molar refractivity (Wildman–Crippen MR) is 77.7 cm³/mol. The zero-order valence-corrected chi connectivity index (χ0v) is 12.1. The molecule has 0 aliphatic carbocycles. The lowest BCUT2D eigenvalue weighted by Crippen LogP contribution is -2.43. The number of amides is 2. The van der Waals surface area contributed by atoms with Crippen molar-refractivity contribution >= 4 is 37.3 Å². The Morgan fingerprint density at radius 2 is 2.40 bits per heavy atom. The summed E-state index contributed by atoms with van der Waals surface area (Å²) in [5.41, 5.74) is 0. The van der Waals surface area contributed by atoms with Crippen molar-refractivity contribution in [2.45, 2.75) is 24.6 Å². The van der Waals surface area contributed by atoms with E-state index in [4.69, 9.17) is 12.6 Å². The van der Waals surface area contributed by atoms with Crippen LogP contribution < -0.4 is 10.6 Å². The highest BCUT2D eigenvalue weighted by Gasteiger charge is 2.25. The number of hydrogen-bond donors (Lipinski definition) is 2. The highest BCUT2D eigenvalue weighted by Crippen LogP contribution is 2.20. The lowest BCUT2D eigenvalue weighted by atomic mass is 10.1. The molecule has 6 nitrogen and oxygen atoms in total. The Bertz CT molecular complexity index is 403. The molecular formula is C12H17BN2O4S. The second-order valence-corrected chi connectivity index (χ2v) is 5.42. The SMILES string of the molecule is [B]C(=O)N[C@H](C=CC(=O)OCC)C[C@@H]1SCCNC1=O. The van der Waals surface area contributed by atoms with Crippen molar-refractivity contribution in [3.8, 4) is 0 Å². The van der Waals surface area contributed by atoms with Crippen molar-refractivity contribution in [1.29, 1.82) is 0 Å². The van der Waals surface area contributed by atoms with E-state index in [0.29, 0.717) is 13.0 Å². The van der Waals surface area contributed by atoms with Gasteiger partial charge in [-0.3, -0.25) is 9.59 Å². The van der Waals surface area contributed by atoms with E-state index in [-0.39, 0.29) is 17.8 Å². The summed E-state index contributed by atoms with van der Waals surface area (Å²) < 4.78 is 4.75. The van der Waals surface area contributed by atoms with E-state index in [9.17, 15) is 14.4 Å². The lowest BCUT2D eigenvalue weighted by Gasteiger charge is -2.24. The number of esters is 1. The Hall–Kier alpha value is -1.44. The van der Waals surface area contributed by atoms with E-state index < -0.39 is 17.8 Å². The first-order chi connectivity index (χ1) is 9.52. The van der Waals surface area contributed by atoms with Crippen LogP contribution in [0.3, 0.4) is 0 Å². The van der Waals surface area contributed by atoms with Gasteiger partial charge in [-0.15, -0.1) is 11.8 Å². The summed E-state index contributed by atoms with van der Waals surface area (Å²) in [5, 5.41) is 4.98. The van der Waals surface area contributed by atoms with Gasteiger partial charge in [0.1, 0.15) is 0 Å². The van der Waals surface area contributed by atoms with E-state index >= 15 is 0 Å². The molecule has 0 unspecified atom stereocenters. The van der Waals surface area contributed by atoms with Gasteiger partial charge in [-0.1, -0.05) is 6.08 Å². The van der Waals surface area contributed by atoms with Gasteiger partial charge in [-0.2, -0.15) is 0 Å². The zero-order chi connectivity index (χ0) is 15.0. The van der Waals surface area contributed by atoms with Crippen molar-refractivity contribution in [1.82, 2.24) is 10.6 Å². The first-order valence-electron chi connectivity index (χ1n) is 6.33. The fraction of sp³-hybridized carbons (Fsp3) is 0.583. The molecule has 1 heterocycles. The Morgan fingerprint density at radius 1 is 1.65 bits per heavy atom. The molecule has 0 aromatic carbocycles. The van der Waals surface area contributed by atoms with Crippen molar-refractivity contribution < 1.29 is 19.1 Å². The molecule has 1 aliphatic heterocycles. The van der Waals surface area contributed by atoms with Gasteiger partial charge in [-0.05, 0) is 13.3 Å². The molecule has 0 spiro atoms. The lowest BCUT2D eigenvalue weighted by molar-refractivity contribution is -0.137. The maximum atomic E-state index is 11.7. The topological polar surface area (TPSA) is 84.5 Å². The number of carbonyl (C=O) groups excluding carboxylic acids is 3. The molecule has 2 N–H and O–H groups in total. The number of thioether (sulfide) groups is 1. The van der Waals surface area contributed by atoms with Gasteiger partial charge in [0.05, 0.1) is 11.9 Å². The Morgan fingerprint density at radius 3 is 3.00 bits per heavy atom. The van der Waals surface area contributed by atoms with Crippen LogP contribution in [-0.4, -0.2) is 55.7 Å². The van der Waals surface area contributed by atoms with Crippen LogP contribution in [0, 0.1) is 0 Å². The number of ether oxygens (including phenoxy) is 1. The van der Waals surface area contributed by atoms with Crippen molar-refractivity contribution in [3.05, 3.63) is 12.2 Å². The predicted octanol–water partition coefficient (Wildman–Crippen LogP) is -0.0259. The summed E-state index contributed by atoms with van der Waals surface area (Å²) in [6.45, 7) is 2.62. The maximum absolute atomic E-state index is 11.7. The number of carbonyl (C=O) groups is 3. The van der Waals surface area contributed by atoms with Crippen LogP contribution in [0.5, 0.6) is 0 Å². The van der Waals surface area contributed by atoms with Crippen molar-refractivity contribution in [2.75, 3.05) is 18.9 Å². The van der Waals surface area contributed by atoms with Crippen molar-refractivity contribution in [2.24, 2.45) is 0 Å². The third-order valence-electron chi connectivity index (χ3n) is 2.56. The maximum Gasteiger partial charge on any atom is 0.330 e. The molecule has 1 saturated heterocycles. The summed E-state index contributed by atoms with van der Waals surface area (Å²) >= 11 is 1.52. The zero-order valence-electron chi connectivity index (χ0n) is 11.3. The summed E-state index contributed by atoms with van der Waals surface area (Å²) in [6.07, 6.45) is 3.09. The van der Waals surface area contributed by atoms with Gasteiger partial charge in [0.15, 0.2) is 5.81 Å². The van der Waals surface area contributed by atoms with E-state index in [1.807, 2.05) is 0 Å². The molecule has 2 atom stereocenters. The van der Waals surface area contributed by atoms with E-state index in [1.165, 1.54) is 23.9 Å². The minimum atomic E-state index is -0.704. The van der Waals surface area contributed by atoms with Gasteiger partial charge in [0.2, 0.25) is 13.8 Å². The smallest absolute Gasteiger partial charge is 0.330 e. The molecule has 20 heavy (non-hydrogen) atoms. The molecule has 0 bridgehead atoms. The quantitative estimate of drug-likeness (QED) is 0.408.